The third-order valence-electron chi connectivity index (χ3n) is 1.64. The Hall–Kier alpha value is -0.920. The van der Waals surface area contributed by atoms with Gasteiger partial charge in [-0.1, -0.05) is 0 Å². The molecule has 0 aliphatic carbocycles. The smallest absolute Gasteiger partial charge is 0.283 e. The summed E-state index contributed by atoms with van der Waals surface area (Å²) in [5.74, 6) is 0. The van der Waals surface area contributed by atoms with Gasteiger partial charge in [0.25, 0.3) is 5.56 Å². The molecule has 1 rings (SSSR count). The lowest BCUT2D eigenvalue weighted by Crippen LogP contribution is -2.28. The van der Waals surface area contributed by atoms with Crippen molar-refractivity contribution in [3.05, 3.63) is 21.0 Å². The molecule has 7 heteroatoms. The maximum atomic E-state index is 11.6. The van der Waals surface area contributed by atoms with Crippen molar-refractivity contribution in [3.63, 3.8) is 0 Å². The van der Waals surface area contributed by atoms with Crippen LogP contribution in [0.15, 0.2) is 15.5 Å². The lowest BCUT2D eigenvalue weighted by molar-refractivity contribution is 0.266. The van der Waals surface area contributed by atoms with Crippen LogP contribution in [-0.4, -0.2) is 40.6 Å². The Morgan fingerprint density at radius 1 is 1.67 bits per heavy atom. The molecular weight excluding hydrogens is 264 g/mol. The maximum absolute atomic E-state index is 11.6. The van der Waals surface area contributed by atoms with E-state index >= 15 is 0 Å². The molecule has 0 bridgehead atoms. The summed E-state index contributed by atoms with van der Waals surface area (Å²) in [5, 5.41) is 14.3. The fourth-order valence-corrected chi connectivity index (χ4v) is 1.43. The zero-order chi connectivity index (χ0) is 11.4. The molecule has 15 heavy (non-hydrogen) atoms. The summed E-state index contributed by atoms with van der Waals surface area (Å²) in [6.45, 7) is 0.0828. The number of rotatable bonds is 4. The zero-order valence-electron chi connectivity index (χ0n) is 8.57. The average Bonchev–Trinajstić information content (AvgIpc) is 2.17. The predicted octanol–water partition coefficient (Wildman–Crippen LogP) is -0.113. The highest BCUT2D eigenvalue weighted by atomic mass is 79.9. The van der Waals surface area contributed by atoms with E-state index < -0.39 is 0 Å². The fourth-order valence-electron chi connectivity index (χ4n) is 1.04. The zero-order valence-corrected chi connectivity index (χ0v) is 10.2. The van der Waals surface area contributed by atoms with Gasteiger partial charge in [-0.25, -0.2) is 9.69 Å². The van der Waals surface area contributed by atoms with Gasteiger partial charge < -0.3 is 10.5 Å². The van der Waals surface area contributed by atoms with Crippen molar-refractivity contribution in [3.8, 4) is 0 Å². The molecule has 0 atom stereocenters. The van der Waals surface area contributed by atoms with Gasteiger partial charge in [-0.05, 0) is 15.9 Å². The van der Waals surface area contributed by atoms with E-state index in [2.05, 4.69) is 26.5 Å². The highest BCUT2D eigenvalue weighted by Crippen LogP contribution is 2.15. The topological polar surface area (TPSA) is 70.4 Å². The van der Waals surface area contributed by atoms with Crippen molar-refractivity contribution in [2.24, 2.45) is 0 Å². The Bertz CT molecular complexity index is 391. The number of nitrogens with zero attached hydrogens (tertiary/aromatic N) is 3. The number of aromatic nitrogens is 2. The van der Waals surface area contributed by atoms with Crippen LogP contribution in [0.1, 0.15) is 0 Å². The Labute approximate surface area is 95.6 Å². The first kappa shape index (κ1) is 12.2. The summed E-state index contributed by atoms with van der Waals surface area (Å²) in [4.78, 5) is 11.6. The van der Waals surface area contributed by atoms with Gasteiger partial charge in [0.2, 0.25) is 0 Å². The Balaban J connectivity index is 3.04. The number of nitrogens with one attached hydrogen (secondary N) is 1. The van der Waals surface area contributed by atoms with E-state index in [-0.39, 0.29) is 18.7 Å². The van der Waals surface area contributed by atoms with E-state index in [1.165, 1.54) is 10.9 Å². The van der Waals surface area contributed by atoms with Crippen LogP contribution >= 0.6 is 15.9 Å². The summed E-state index contributed by atoms with van der Waals surface area (Å²) >= 11 is 3.19. The molecule has 2 N–H and O–H groups in total. The van der Waals surface area contributed by atoms with Gasteiger partial charge in [0, 0.05) is 14.1 Å². The highest BCUT2D eigenvalue weighted by Gasteiger charge is 2.08. The van der Waals surface area contributed by atoms with Crippen LogP contribution < -0.4 is 11.0 Å². The van der Waals surface area contributed by atoms with Gasteiger partial charge in [0.15, 0.2) is 0 Å². The third kappa shape index (κ3) is 3.01. The number of hydrogen-bond acceptors (Lipinski definition) is 5. The molecule has 1 aromatic rings. The predicted molar refractivity (Wildman–Crippen MR) is 60.6 cm³/mol. The van der Waals surface area contributed by atoms with Gasteiger partial charge in [0.05, 0.1) is 25.0 Å². The second-order valence-electron chi connectivity index (χ2n) is 3.13. The van der Waals surface area contributed by atoms with E-state index in [1.54, 1.807) is 5.01 Å². The van der Waals surface area contributed by atoms with Crippen molar-refractivity contribution in [1.82, 2.24) is 14.8 Å². The van der Waals surface area contributed by atoms with Crippen LogP contribution in [0.4, 0.5) is 5.69 Å². The Morgan fingerprint density at radius 2 is 2.33 bits per heavy atom. The molecule has 0 unspecified atom stereocenters. The van der Waals surface area contributed by atoms with E-state index in [1.807, 2.05) is 14.1 Å². The van der Waals surface area contributed by atoms with Gasteiger partial charge in [-0.15, -0.1) is 0 Å². The van der Waals surface area contributed by atoms with Gasteiger partial charge in [-0.2, -0.15) is 5.10 Å². The van der Waals surface area contributed by atoms with Crippen LogP contribution in [0.25, 0.3) is 0 Å². The minimum absolute atomic E-state index is 0.111. The number of halogens is 1. The summed E-state index contributed by atoms with van der Waals surface area (Å²) in [6.07, 6.45) is 1.53. The molecule has 0 spiro atoms. The van der Waals surface area contributed by atoms with Crippen molar-refractivity contribution >= 4 is 21.6 Å². The molecule has 84 valence electrons. The maximum Gasteiger partial charge on any atom is 0.283 e. The highest BCUT2D eigenvalue weighted by molar-refractivity contribution is 9.10. The largest absolute Gasteiger partial charge is 0.394 e. The normalized spacial score (nSPS) is 10.7. The standard InChI is InChI=1S/C8H13BrN4O2/c1-12(2)11-6-5-10-13(3-4-14)8(15)7(6)9/h5,11,14H,3-4H2,1-2H3. The Kier molecular flexibility index (Phi) is 4.25. The van der Waals surface area contributed by atoms with Crippen LogP contribution in [0, 0.1) is 0 Å². The van der Waals surface area contributed by atoms with Gasteiger partial charge in [0.1, 0.15) is 4.47 Å². The van der Waals surface area contributed by atoms with Crippen LogP contribution in [-0.2, 0) is 6.54 Å². The molecule has 1 heterocycles. The number of anilines is 1. The Morgan fingerprint density at radius 3 is 2.87 bits per heavy atom. The summed E-state index contributed by atoms with van der Waals surface area (Å²) < 4.78 is 1.60. The third-order valence-corrected chi connectivity index (χ3v) is 2.41. The van der Waals surface area contributed by atoms with Gasteiger partial charge >= 0.3 is 0 Å². The van der Waals surface area contributed by atoms with Crippen molar-refractivity contribution in [2.75, 3.05) is 26.1 Å². The first-order valence-corrected chi connectivity index (χ1v) is 5.16. The number of aliphatic hydroxyl groups is 1. The van der Waals surface area contributed by atoms with E-state index in [9.17, 15) is 4.79 Å². The van der Waals surface area contributed by atoms with E-state index in [4.69, 9.17) is 5.11 Å². The molecule has 0 radical (unpaired) electrons. The second-order valence-corrected chi connectivity index (χ2v) is 3.92. The lowest BCUT2D eigenvalue weighted by Gasteiger charge is -2.14. The minimum atomic E-state index is -0.268. The number of aliphatic hydroxyl groups excluding tert-OH is 1. The molecule has 0 saturated carbocycles. The molecule has 0 amide bonds. The molecule has 0 saturated heterocycles. The minimum Gasteiger partial charge on any atom is -0.394 e. The monoisotopic (exact) mass is 276 g/mol. The van der Waals surface area contributed by atoms with Crippen LogP contribution in [0.3, 0.4) is 0 Å². The van der Waals surface area contributed by atoms with Crippen molar-refractivity contribution in [2.45, 2.75) is 6.54 Å². The molecule has 0 aliphatic heterocycles. The lowest BCUT2D eigenvalue weighted by atomic mass is 10.5. The molecule has 1 aromatic heterocycles. The SMILES string of the molecule is CN(C)Nc1cnn(CCO)c(=O)c1Br. The molecule has 6 nitrogen and oxygen atoms in total. The first-order chi connectivity index (χ1) is 7.06. The van der Waals surface area contributed by atoms with Crippen LogP contribution in [0.5, 0.6) is 0 Å². The fraction of sp³-hybridized carbons (Fsp3) is 0.500. The van der Waals surface area contributed by atoms with Crippen molar-refractivity contribution in [1.29, 1.82) is 0 Å². The van der Waals surface area contributed by atoms with Gasteiger partial charge in [-0.3, -0.25) is 4.79 Å². The molecule has 0 aromatic carbocycles. The van der Waals surface area contributed by atoms with E-state index in [0.717, 1.165) is 0 Å². The second kappa shape index (κ2) is 5.24. The molecular formula is C8H13BrN4O2. The van der Waals surface area contributed by atoms with E-state index in [0.29, 0.717) is 10.2 Å². The summed E-state index contributed by atoms with van der Waals surface area (Å²) in [5.41, 5.74) is 3.26. The average molecular weight is 277 g/mol. The summed E-state index contributed by atoms with van der Waals surface area (Å²) in [6, 6.07) is 0. The number of hydrogen-bond donors (Lipinski definition) is 2. The quantitative estimate of drug-likeness (QED) is 0.751. The number of hydrazine groups is 1. The summed E-state index contributed by atoms with van der Waals surface area (Å²) in [7, 11) is 3.62. The molecule has 0 fully saturated rings. The first-order valence-electron chi connectivity index (χ1n) is 4.36. The molecule has 0 aliphatic rings. The van der Waals surface area contributed by atoms with Crippen molar-refractivity contribution < 1.29 is 5.11 Å². The van der Waals surface area contributed by atoms with Crippen LogP contribution in [0.2, 0.25) is 0 Å².